The van der Waals surface area contributed by atoms with Gasteiger partial charge in [-0.25, -0.2) is 8.42 Å². The summed E-state index contributed by atoms with van der Waals surface area (Å²) >= 11 is 3.35. The van der Waals surface area contributed by atoms with E-state index in [0.717, 1.165) is 10.0 Å². The summed E-state index contributed by atoms with van der Waals surface area (Å²) in [6, 6.07) is 6.64. The van der Waals surface area contributed by atoms with E-state index in [2.05, 4.69) is 25.6 Å². The van der Waals surface area contributed by atoms with Crippen LogP contribution >= 0.6 is 15.9 Å². The van der Waals surface area contributed by atoms with Crippen molar-refractivity contribution >= 4 is 37.3 Å². The molecule has 0 saturated carbocycles. The number of nitrogens with two attached hydrogens (primary N) is 1. The van der Waals surface area contributed by atoms with Gasteiger partial charge in [0, 0.05) is 22.6 Å². The fraction of sp³-hybridized carbons (Fsp3) is 0.0833. The van der Waals surface area contributed by atoms with Crippen molar-refractivity contribution in [2.24, 2.45) is 0 Å². The Morgan fingerprint density at radius 2 is 2.05 bits per heavy atom. The number of nitrogens with one attached hydrogen (secondary N) is 1. The van der Waals surface area contributed by atoms with E-state index in [4.69, 9.17) is 5.73 Å². The minimum absolute atomic E-state index is 0.0355. The number of hydrogen-bond acceptors (Lipinski definition) is 4. The maximum atomic E-state index is 12.2. The largest absolute Gasteiger partial charge is 0.398 e. The van der Waals surface area contributed by atoms with E-state index in [1.807, 2.05) is 13.0 Å². The average Bonchev–Trinajstić information content (AvgIpc) is 2.34. The van der Waals surface area contributed by atoms with Crippen LogP contribution in [0.1, 0.15) is 5.56 Å². The summed E-state index contributed by atoms with van der Waals surface area (Å²) in [7, 11) is -3.73. The van der Waals surface area contributed by atoms with Crippen LogP contribution in [0.2, 0.25) is 0 Å². The molecule has 0 radical (unpaired) electrons. The molecule has 0 spiro atoms. The van der Waals surface area contributed by atoms with Crippen molar-refractivity contribution in [1.82, 2.24) is 4.98 Å². The van der Waals surface area contributed by atoms with Crippen LogP contribution in [0, 0.1) is 6.92 Å². The molecule has 0 aliphatic heterocycles. The van der Waals surface area contributed by atoms with Crippen LogP contribution in [0.3, 0.4) is 0 Å². The zero-order chi connectivity index (χ0) is 14.0. The van der Waals surface area contributed by atoms with Crippen LogP contribution < -0.4 is 10.5 Å². The van der Waals surface area contributed by atoms with Gasteiger partial charge in [0.05, 0.1) is 5.69 Å². The zero-order valence-corrected chi connectivity index (χ0v) is 12.5. The summed E-state index contributed by atoms with van der Waals surface area (Å²) in [6.07, 6.45) is 2.66. The molecule has 0 unspecified atom stereocenters. The monoisotopic (exact) mass is 341 g/mol. The third kappa shape index (κ3) is 3.05. The topological polar surface area (TPSA) is 85.1 Å². The fourth-order valence-corrected chi connectivity index (χ4v) is 2.99. The molecular weight excluding hydrogens is 330 g/mol. The van der Waals surface area contributed by atoms with Gasteiger partial charge in [0.2, 0.25) is 0 Å². The predicted octanol–water partition coefficient (Wildman–Crippen LogP) is 2.54. The molecule has 5 nitrogen and oxygen atoms in total. The number of pyridine rings is 1. The second-order valence-electron chi connectivity index (χ2n) is 3.98. The average molecular weight is 342 g/mol. The standard InChI is InChI=1S/C12H12BrN3O2S/c1-8-2-3-9(6-10(8)13)16-19(17,18)12-7-15-5-4-11(12)14/h2-7,16H,1H3,(H2,14,15). The summed E-state index contributed by atoms with van der Waals surface area (Å²) < 4.78 is 27.6. The van der Waals surface area contributed by atoms with Crippen molar-refractivity contribution in [2.45, 2.75) is 11.8 Å². The summed E-state index contributed by atoms with van der Waals surface area (Å²) in [4.78, 5) is 3.74. The Labute approximate surface area is 120 Å². The van der Waals surface area contributed by atoms with Crippen LogP contribution in [0.5, 0.6) is 0 Å². The minimum Gasteiger partial charge on any atom is -0.398 e. The van der Waals surface area contributed by atoms with Gasteiger partial charge in [-0.1, -0.05) is 22.0 Å². The molecule has 2 rings (SSSR count). The van der Waals surface area contributed by atoms with Gasteiger partial charge in [-0.15, -0.1) is 0 Å². The Morgan fingerprint density at radius 3 is 2.68 bits per heavy atom. The van der Waals surface area contributed by atoms with Crippen molar-refractivity contribution < 1.29 is 8.42 Å². The Morgan fingerprint density at radius 1 is 1.32 bits per heavy atom. The number of benzene rings is 1. The first-order chi connectivity index (χ1) is 8.90. The lowest BCUT2D eigenvalue weighted by Crippen LogP contribution is -2.15. The fourth-order valence-electron chi connectivity index (χ4n) is 1.48. The highest BCUT2D eigenvalue weighted by Crippen LogP contribution is 2.24. The smallest absolute Gasteiger partial charge is 0.265 e. The maximum Gasteiger partial charge on any atom is 0.265 e. The van der Waals surface area contributed by atoms with Gasteiger partial charge in [0.15, 0.2) is 0 Å². The van der Waals surface area contributed by atoms with Crippen molar-refractivity contribution in [2.75, 3.05) is 10.5 Å². The van der Waals surface area contributed by atoms with Crippen molar-refractivity contribution in [3.05, 3.63) is 46.7 Å². The molecule has 0 fully saturated rings. The van der Waals surface area contributed by atoms with Crippen LogP contribution in [0.25, 0.3) is 0 Å². The lowest BCUT2D eigenvalue weighted by Gasteiger charge is -2.10. The molecule has 0 bridgehead atoms. The van der Waals surface area contributed by atoms with Crippen LogP contribution in [0.4, 0.5) is 11.4 Å². The Hall–Kier alpha value is -1.60. The second kappa shape index (κ2) is 5.18. The van der Waals surface area contributed by atoms with E-state index in [1.165, 1.54) is 18.5 Å². The first-order valence-corrected chi connectivity index (χ1v) is 7.66. The molecule has 0 amide bonds. The summed E-state index contributed by atoms with van der Waals surface area (Å²) in [6.45, 7) is 1.92. The molecule has 2 aromatic rings. The first kappa shape index (κ1) is 13.8. The van der Waals surface area contributed by atoms with Crippen molar-refractivity contribution in [3.63, 3.8) is 0 Å². The number of nitrogens with zero attached hydrogens (tertiary/aromatic N) is 1. The quantitative estimate of drug-likeness (QED) is 0.898. The first-order valence-electron chi connectivity index (χ1n) is 5.38. The number of aryl methyl sites for hydroxylation is 1. The summed E-state index contributed by atoms with van der Waals surface area (Å²) in [5, 5.41) is 0. The number of rotatable bonds is 3. The molecule has 3 N–H and O–H groups in total. The number of anilines is 2. The molecule has 1 heterocycles. The molecule has 7 heteroatoms. The van der Waals surface area contributed by atoms with E-state index in [-0.39, 0.29) is 10.6 Å². The molecule has 0 saturated heterocycles. The van der Waals surface area contributed by atoms with E-state index >= 15 is 0 Å². The van der Waals surface area contributed by atoms with Crippen LogP contribution in [-0.4, -0.2) is 13.4 Å². The Bertz CT molecular complexity index is 717. The predicted molar refractivity (Wildman–Crippen MR) is 78.3 cm³/mol. The highest BCUT2D eigenvalue weighted by atomic mass is 79.9. The lowest BCUT2D eigenvalue weighted by molar-refractivity contribution is 0.601. The molecule has 19 heavy (non-hydrogen) atoms. The molecule has 0 aliphatic rings. The van der Waals surface area contributed by atoms with E-state index in [0.29, 0.717) is 5.69 Å². The molecular formula is C12H12BrN3O2S. The van der Waals surface area contributed by atoms with Gasteiger partial charge >= 0.3 is 0 Å². The second-order valence-corrected chi connectivity index (χ2v) is 6.49. The molecule has 100 valence electrons. The van der Waals surface area contributed by atoms with Gasteiger partial charge in [0.1, 0.15) is 4.90 Å². The SMILES string of the molecule is Cc1ccc(NS(=O)(=O)c2cnccc2N)cc1Br. The number of aromatic nitrogens is 1. The Balaban J connectivity index is 2.37. The number of hydrogen-bond donors (Lipinski definition) is 2. The summed E-state index contributed by atoms with van der Waals surface area (Å²) in [5.74, 6) is 0. The highest BCUT2D eigenvalue weighted by molar-refractivity contribution is 9.10. The van der Waals surface area contributed by atoms with E-state index in [1.54, 1.807) is 12.1 Å². The van der Waals surface area contributed by atoms with E-state index < -0.39 is 10.0 Å². The van der Waals surface area contributed by atoms with E-state index in [9.17, 15) is 8.42 Å². The zero-order valence-electron chi connectivity index (χ0n) is 10.1. The van der Waals surface area contributed by atoms with Gasteiger partial charge < -0.3 is 5.73 Å². The van der Waals surface area contributed by atoms with Gasteiger partial charge in [-0.05, 0) is 30.7 Å². The molecule has 0 atom stereocenters. The van der Waals surface area contributed by atoms with Crippen molar-refractivity contribution in [3.8, 4) is 0 Å². The minimum atomic E-state index is -3.73. The molecule has 0 aliphatic carbocycles. The number of nitrogen functional groups attached to an aromatic ring is 1. The maximum absolute atomic E-state index is 12.2. The van der Waals surface area contributed by atoms with Crippen LogP contribution in [0.15, 0.2) is 46.0 Å². The highest BCUT2D eigenvalue weighted by Gasteiger charge is 2.17. The van der Waals surface area contributed by atoms with Gasteiger partial charge in [-0.3, -0.25) is 9.71 Å². The lowest BCUT2D eigenvalue weighted by atomic mass is 10.2. The van der Waals surface area contributed by atoms with Gasteiger partial charge in [0.25, 0.3) is 10.0 Å². The van der Waals surface area contributed by atoms with Crippen LogP contribution in [-0.2, 0) is 10.0 Å². The number of halogens is 1. The molecule has 1 aromatic heterocycles. The third-order valence-electron chi connectivity index (χ3n) is 2.53. The van der Waals surface area contributed by atoms with Crippen molar-refractivity contribution in [1.29, 1.82) is 0 Å². The van der Waals surface area contributed by atoms with Gasteiger partial charge in [-0.2, -0.15) is 0 Å². The third-order valence-corrected chi connectivity index (χ3v) is 4.81. The molecule has 1 aromatic carbocycles. The number of sulfonamides is 1. The normalized spacial score (nSPS) is 11.3. The summed E-state index contributed by atoms with van der Waals surface area (Å²) in [5.41, 5.74) is 7.28. The Kier molecular flexibility index (Phi) is 3.77.